The number of aromatic nitrogens is 2. The van der Waals surface area contributed by atoms with Gasteiger partial charge in [0.25, 0.3) is 5.56 Å². The van der Waals surface area contributed by atoms with E-state index in [1.165, 1.54) is 35.9 Å². The second-order valence-corrected chi connectivity index (χ2v) is 6.32. The van der Waals surface area contributed by atoms with Crippen LogP contribution in [0, 0.1) is 0 Å². The highest BCUT2D eigenvalue weighted by molar-refractivity contribution is 6.34. The number of halogens is 1. The first-order valence-electron chi connectivity index (χ1n) is 8.02. The highest BCUT2D eigenvalue weighted by Gasteiger charge is 2.18. The number of phenols is 1. The van der Waals surface area contributed by atoms with Gasteiger partial charge in [0.15, 0.2) is 11.4 Å². The predicted octanol–water partition coefficient (Wildman–Crippen LogP) is 3.45. The predicted molar refractivity (Wildman–Crippen MR) is 102 cm³/mol. The zero-order chi connectivity index (χ0) is 19.1. The van der Waals surface area contributed by atoms with Gasteiger partial charge in [-0.25, -0.2) is 4.98 Å². The van der Waals surface area contributed by atoms with E-state index in [4.69, 9.17) is 16.3 Å². The molecule has 134 valence electrons. The molecule has 2 aromatic heterocycles. The molecule has 0 saturated carbocycles. The molecule has 0 unspecified atom stereocenters. The maximum Gasteiger partial charge on any atom is 0.265 e. The number of para-hydroxylation sites is 1. The van der Waals surface area contributed by atoms with Crippen molar-refractivity contribution in [3.63, 3.8) is 0 Å². The van der Waals surface area contributed by atoms with Crippen LogP contribution in [0.3, 0.4) is 0 Å². The second kappa shape index (κ2) is 6.41. The van der Waals surface area contributed by atoms with Crippen molar-refractivity contribution in [2.45, 2.75) is 0 Å². The molecule has 2 heterocycles. The number of rotatable bonds is 3. The number of fused-ring (bicyclic) bond motifs is 2. The molecule has 4 aromatic rings. The lowest BCUT2D eigenvalue weighted by atomic mass is 10.0. The van der Waals surface area contributed by atoms with Crippen LogP contribution in [0.1, 0.15) is 15.9 Å². The molecule has 0 spiro atoms. The Morgan fingerprint density at radius 3 is 2.74 bits per heavy atom. The molecule has 7 heteroatoms. The van der Waals surface area contributed by atoms with Gasteiger partial charge in [-0.05, 0) is 36.4 Å². The molecule has 0 bridgehead atoms. The lowest BCUT2D eigenvalue weighted by Gasteiger charge is -2.10. The number of ether oxygens (including phenoxy) is 1. The molecule has 0 aliphatic heterocycles. The number of nitrogens with zero attached hydrogens (tertiary/aromatic N) is 2. The summed E-state index contributed by atoms with van der Waals surface area (Å²) in [6.07, 6.45) is 1.38. The standard InChI is InChI=1S/C20H13ClN2O4/c1-27-12-6-7-17(24)14(9-12)18(25)11-8-15(21)19-22-16-5-3-2-4-13(16)20(26)23(19)10-11/h2-10,24H,1H3. The Labute approximate surface area is 158 Å². The topological polar surface area (TPSA) is 80.9 Å². The van der Waals surface area contributed by atoms with Crippen LogP contribution in [0.2, 0.25) is 5.02 Å². The zero-order valence-corrected chi connectivity index (χ0v) is 14.9. The quantitative estimate of drug-likeness (QED) is 0.435. The van der Waals surface area contributed by atoms with Gasteiger partial charge in [-0.1, -0.05) is 23.7 Å². The fourth-order valence-electron chi connectivity index (χ4n) is 2.92. The van der Waals surface area contributed by atoms with Crippen molar-refractivity contribution in [2.24, 2.45) is 0 Å². The van der Waals surface area contributed by atoms with Gasteiger partial charge < -0.3 is 9.84 Å². The Kier molecular flexibility index (Phi) is 4.05. The van der Waals surface area contributed by atoms with Crippen LogP contribution in [0.5, 0.6) is 11.5 Å². The average molecular weight is 381 g/mol. The van der Waals surface area contributed by atoms with Crippen molar-refractivity contribution in [3.8, 4) is 11.5 Å². The number of ketones is 1. The monoisotopic (exact) mass is 380 g/mol. The lowest BCUT2D eigenvalue weighted by Crippen LogP contribution is -2.17. The third-order valence-corrected chi connectivity index (χ3v) is 4.56. The molecule has 1 N–H and O–H groups in total. The fourth-order valence-corrected chi connectivity index (χ4v) is 3.17. The van der Waals surface area contributed by atoms with Crippen LogP contribution in [0.25, 0.3) is 16.6 Å². The van der Waals surface area contributed by atoms with Gasteiger partial charge >= 0.3 is 0 Å². The number of pyridine rings is 1. The minimum absolute atomic E-state index is 0.0477. The van der Waals surface area contributed by atoms with Crippen LogP contribution >= 0.6 is 11.6 Å². The molecular formula is C20H13ClN2O4. The van der Waals surface area contributed by atoms with Gasteiger partial charge in [-0.2, -0.15) is 0 Å². The van der Waals surface area contributed by atoms with E-state index in [1.807, 2.05) is 0 Å². The fraction of sp³-hybridized carbons (Fsp3) is 0.0500. The molecule has 0 saturated heterocycles. The third kappa shape index (κ3) is 2.80. The minimum Gasteiger partial charge on any atom is -0.507 e. The smallest absolute Gasteiger partial charge is 0.265 e. The highest BCUT2D eigenvalue weighted by atomic mass is 35.5. The van der Waals surface area contributed by atoms with Gasteiger partial charge in [0.05, 0.1) is 28.6 Å². The first kappa shape index (κ1) is 17.1. The summed E-state index contributed by atoms with van der Waals surface area (Å²) in [7, 11) is 1.46. The first-order valence-corrected chi connectivity index (χ1v) is 8.40. The molecule has 0 aliphatic carbocycles. The van der Waals surface area contributed by atoms with Crippen LogP contribution in [-0.4, -0.2) is 27.4 Å². The van der Waals surface area contributed by atoms with Gasteiger partial charge in [0.2, 0.25) is 0 Å². The Hall–Kier alpha value is -3.38. The SMILES string of the molecule is COc1ccc(O)c(C(=O)c2cc(Cl)c3nc4ccccc4c(=O)n3c2)c1. The van der Waals surface area contributed by atoms with E-state index < -0.39 is 5.78 Å². The Bertz CT molecular complexity index is 1280. The van der Waals surface area contributed by atoms with Gasteiger partial charge in [-0.15, -0.1) is 0 Å². The Morgan fingerprint density at radius 1 is 1.19 bits per heavy atom. The summed E-state index contributed by atoms with van der Waals surface area (Å²) >= 11 is 6.30. The number of hydrogen-bond donors (Lipinski definition) is 1. The van der Waals surface area contributed by atoms with Gasteiger partial charge in [-0.3, -0.25) is 14.0 Å². The zero-order valence-electron chi connectivity index (χ0n) is 14.1. The van der Waals surface area contributed by atoms with E-state index in [9.17, 15) is 14.7 Å². The summed E-state index contributed by atoms with van der Waals surface area (Å²) < 4.78 is 6.35. The number of hydrogen-bond acceptors (Lipinski definition) is 5. The third-order valence-electron chi connectivity index (χ3n) is 4.28. The molecule has 27 heavy (non-hydrogen) atoms. The molecule has 0 amide bonds. The summed E-state index contributed by atoms with van der Waals surface area (Å²) in [5.74, 6) is -0.260. The Morgan fingerprint density at radius 2 is 1.96 bits per heavy atom. The number of carbonyl (C=O) groups excluding carboxylic acids is 1. The maximum absolute atomic E-state index is 12.9. The van der Waals surface area contributed by atoms with Crippen molar-refractivity contribution >= 4 is 33.9 Å². The maximum atomic E-state index is 12.9. The molecule has 0 fully saturated rings. The van der Waals surface area contributed by atoms with Crippen molar-refractivity contribution < 1.29 is 14.6 Å². The van der Waals surface area contributed by atoms with Crippen LogP contribution in [-0.2, 0) is 0 Å². The van der Waals surface area contributed by atoms with Crippen molar-refractivity contribution in [1.29, 1.82) is 0 Å². The summed E-state index contributed by atoms with van der Waals surface area (Å²) in [4.78, 5) is 30.1. The van der Waals surface area contributed by atoms with E-state index in [1.54, 1.807) is 30.3 Å². The summed E-state index contributed by atoms with van der Waals surface area (Å²) in [5.41, 5.74) is 0.643. The van der Waals surface area contributed by atoms with Crippen LogP contribution in [0.15, 0.2) is 59.5 Å². The number of aromatic hydroxyl groups is 1. The largest absolute Gasteiger partial charge is 0.507 e. The molecule has 0 aliphatic rings. The molecule has 0 atom stereocenters. The van der Waals surface area contributed by atoms with Crippen molar-refractivity contribution in [2.75, 3.05) is 7.11 Å². The number of carbonyl (C=O) groups is 1. The molecule has 0 radical (unpaired) electrons. The summed E-state index contributed by atoms with van der Waals surface area (Å²) in [6.45, 7) is 0. The molecule has 4 rings (SSSR count). The van der Waals surface area contributed by atoms with E-state index in [0.717, 1.165) is 0 Å². The van der Waals surface area contributed by atoms with E-state index in [0.29, 0.717) is 16.7 Å². The molecule has 2 aromatic carbocycles. The highest BCUT2D eigenvalue weighted by Crippen LogP contribution is 2.27. The van der Waals surface area contributed by atoms with Crippen LogP contribution < -0.4 is 10.3 Å². The second-order valence-electron chi connectivity index (χ2n) is 5.92. The summed E-state index contributed by atoms with van der Waals surface area (Å²) in [6, 6.07) is 12.7. The van der Waals surface area contributed by atoms with E-state index in [-0.39, 0.29) is 33.1 Å². The normalized spacial score (nSPS) is 11.0. The first-order chi connectivity index (χ1) is 13.0. The van der Waals surface area contributed by atoms with Gasteiger partial charge in [0, 0.05) is 11.8 Å². The lowest BCUT2D eigenvalue weighted by molar-refractivity contribution is 0.103. The molecular weight excluding hydrogens is 368 g/mol. The summed E-state index contributed by atoms with van der Waals surface area (Å²) in [5, 5.41) is 10.6. The molecule has 6 nitrogen and oxygen atoms in total. The van der Waals surface area contributed by atoms with Crippen LogP contribution in [0.4, 0.5) is 0 Å². The van der Waals surface area contributed by atoms with Crippen molar-refractivity contribution in [1.82, 2.24) is 9.38 Å². The van der Waals surface area contributed by atoms with Gasteiger partial charge in [0.1, 0.15) is 11.5 Å². The average Bonchev–Trinajstić information content (AvgIpc) is 2.69. The number of phenolic OH excluding ortho intramolecular Hbond substituents is 1. The minimum atomic E-state index is -0.491. The van der Waals surface area contributed by atoms with E-state index in [2.05, 4.69) is 4.98 Å². The van der Waals surface area contributed by atoms with E-state index >= 15 is 0 Å². The Balaban J connectivity index is 1.96. The number of methoxy groups -OCH3 is 1. The number of benzene rings is 2. The van der Waals surface area contributed by atoms with Crippen molar-refractivity contribution in [3.05, 3.63) is 81.2 Å².